The Morgan fingerprint density at radius 2 is 1.85 bits per heavy atom. The van der Waals surface area contributed by atoms with Crippen molar-refractivity contribution in [3.05, 3.63) is 0 Å². The summed E-state index contributed by atoms with van der Waals surface area (Å²) < 4.78 is 0. The Kier molecular flexibility index (Phi) is 1.45. The lowest BCUT2D eigenvalue weighted by molar-refractivity contribution is 0.191. The molecule has 0 amide bonds. The van der Waals surface area contributed by atoms with Crippen molar-refractivity contribution in [2.45, 2.75) is 44.2 Å². The van der Waals surface area contributed by atoms with Crippen molar-refractivity contribution in [2.24, 2.45) is 35.1 Å². The quantitative estimate of drug-likeness (QED) is 0.586. The summed E-state index contributed by atoms with van der Waals surface area (Å²) in [6, 6.07) is 0.255. The summed E-state index contributed by atoms with van der Waals surface area (Å²) in [6.45, 7) is 2.18. The Morgan fingerprint density at radius 1 is 1.15 bits per heavy atom. The highest BCUT2D eigenvalue weighted by Gasteiger charge is 2.59. The lowest BCUT2D eigenvalue weighted by Gasteiger charge is -2.35. The standard InChI is InChI=1S/C11H20N2/c1-11(13)9(12)5-8-6-2-3-7(4-6)10(8)11/h6-10H,2-5,12-13H2,1H3. The number of fused-ring (bicyclic) bond motifs is 5. The highest BCUT2D eigenvalue weighted by atomic mass is 14.9. The molecule has 13 heavy (non-hydrogen) atoms. The predicted octanol–water partition coefficient (Wildman–Crippen LogP) is 1.10. The van der Waals surface area contributed by atoms with E-state index in [9.17, 15) is 0 Å². The molecule has 0 saturated heterocycles. The van der Waals surface area contributed by atoms with Gasteiger partial charge in [-0.2, -0.15) is 0 Å². The molecule has 3 fully saturated rings. The van der Waals surface area contributed by atoms with Gasteiger partial charge in [0.15, 0.2) is 0 Å². The molecular weight excluding hydrogens is 160 g/mol. The lowest BCUT2D eigenvalue weighted by atomic mass is 9.75. The van der Waals surface area contributed by atoms with E-state index in [-0.39, 0.29) is 11.6 Å². The van der Waals surface area contributed by atoms with Gasteiger partial charge < -0.3 is 11.5 Å². The van der Waals surface area contributed by atoms with Gasteiger partial charge >= 0.3 is 0 Å². The van der Waals surface area contributed by atoms with Gasteiger partial charge in [0.1, 0.15) is 0 Å². The van der Waals surface area contributed by atoms with Gasteiger partial charge in [-0.15, -0.1) is 0 Å². The molecule has 2 heteroatoms. The van der Waals surface area contributed by atoms with Crippen LogP contribution in [0.25, 0.3) is 0 Å². The molecule has 6 unspecified atom stereocenters. The molecule has 3 saturated carbocycles. The third-order valence-electron chi connectivity index (χ3n) is 5.13. The Labute approximate surface area is 80.1 Å². The molecule has 6 atom stereocenters. The minimum absolute atomic E-state index is 0.0650. The average Bonchev–Trinajstić information content (AvgIpc) is 2.66. The summed E-state index contributed by atoms with van der Waals surface area (Å²) in [7, 11) is 0. The summed E-state index contributed by atoms with van der Waals surface area (Å²) in [5.41, 5.74) is 12.4. The van der Waals surface area contributed by atoms with Crippen LogP contribution in [0.1, 0.15) is 32.6 Å². The van der Waals surface area contributed by atoms with Gasteiger partial charge in [0.25, 0.3) is 0 Å². The van der Waals surface area contributed by atoms with E-state index in [0.29, 0.717) is 0 Å². The summed E-state index contributed by atoms with van der Waals surface area (Å²) in [5, 5.41) is 0. The number of hydrogen-bond donors (Lipinski definition) is 2. The number of rotatable bonds is 0. The van der Waals surface area contributed by atoms with Crippen molar-refractivity contribution in [1.82, 2.24) is 0 Å². The van der Waals surface area contributed by atoms with Crippen LogP contribution in [0, 0.1) is 23.7 Å². The Balaban J connectivity index is 1.96. The lowest BCUT2D eigenvalue weighted by Crippen LogP contribution is -2.54. The molecule has 2 bridgehead atoms. The van der Waals surface area contributed by atoms with E-state index < -0.39 is 0 Å². The monoisotopic (exact) mass is 180 g/mol. The van der Waals surface area contributed by atoms with Crippen LogP contribution in [0.5, 0.6) is 0 Å². The second kappa shape index (κ2) is 2.29. The van der Waals surface area contributed by atoms with E-state index in [2.05, 4.69) is 6.92 Å². The number of hydrogen-bond acceptors (Lipinski definition) is 2. The van der Waals surface area contributed by atoms with Gasteiger partial charge in [-0.1, -0.05) is 0 Å². The molecule has 0 spiro atoms. The van der Waals surface area contributed by atoms with Crippen LogP contribution in [0.15, 0.2) is 0 Å². The van der Waals surface area contributed by atoms with E-state index in [1.54, 1.807) is 0 Å². The van der Waals surface area contributed by atoms with Crippen LogP contribution in [0.2, 0.25) is 0 Å². The van der Waals surface area contributed by atoms with E-state index in [4.69, 9.17) is 11.5 Å². The fourth-order valence-electron chi connectivity index (χ4n) is 4.51. The third-order valence-corrected chi connectivity index (χ3v) is 5.13. The molecule has 4 N–H and O–H groups in total. The molecule has 3 aliphatic carbocycles. The first kappa shape index (κ1) is 8.25. The van der Waals surface area contributed by atoms with Crippen molar-refractivity contribution in [1.29, 1.82) is 0 Å². The van der Waals surface area contributed by atoms with Crippen LogP contribution in [0.3, 0.4) is 0 Å². The molecule has 3 rings (SSSR count). The zero-order chi connectivity index (χ0) is 9.22. The zero-order valence-corrected chi connectivity index (χ0v) is 8.37. The van der Waals surface area contributed by atoms with Crippen LogP contribution >= 0.6 is 0 Å². The van der Waals surface area contributed by atoms with Crippen molar-refractivity contribution in [3.8, 4) is 0 Å². The first-order chi connectivity index (χ1) is 6.10. The molecule has 74 valence electrons. The Bertz CT molecular complexity index is 236. The number of nitrogens with two attached hydrogens (primary N) is 2. The molecule has 0 aromatic rings. The molecular formula is C11H20N2. The molecule has 0 aromatic heterocycles. The summed E-state index contributed by atoms with van der Waals surface area (Å²) in [5.74, 6) is 3.52. The van der Waals surface area contributed by atoms with Crippen LogP contribution in [-0.2, 0) is 0 Å². The minimum Gasteiger partial charge on any atom is -0.326 e. The summed E-state index contributed by atoms with van der Waals surface area (Å²) >= 11 is 0. The largest absolute Gasteiger partial charge is 0.326 e. The van der Waals surface area contributed by atoms with E-state index >= 15 is 0 Å². The molecule has 0 aromatic carbocycles. The van der Waals surface area contributed by atoms with E-state index in [1.165, 1.54) is 25.7 Å². The topological polar surface area (TPSA) is 52.0 Å². The Hall–Kier alpha value is -0.0800. The van der Waals surface area contributed by atoms with Gasteiger partial charge in [0, 0.05) is 11.6 Å². The fourth-order valence-corrected chi connectivity index (χ4v) is 4.51. The highest BCUT2D eigenvalue weighted by Crippen LogP contribution is 2.60. The Morgan fingerprint density at radius 3 is 2.54 bits per heavy atom. The minimum atomic E-state index is -0.0650. The molecule has 2 nitrogen and oxygen atoms in total. The van der Waals surface area contributed by atoms with Gasteiger partial charge in [-0.3, -0.25) is 0 Å². The fraction of sp³-hybridized carbons (Fsp3) is 1.00. The SMILES string of the molecule is CC1(N)C(N)CC2C3CCC(C3)C21. The van der Waals surface area contributed by atoms with Gasteiger partial charge in [0.05, 0.1) is 0 Å². The van der Waals surface area contributed by atoms with Gasteiger partial charge in [-0.25, -0.2) is 0 Å². The smallest absolute Gasteiger partial charge is 0.0313 e. The molecule has 0 aliphatic heterocycles. The van der Waals surface area contributed by atoms with Crippen molar-refractivity contribution in [3.63, 3.8) is 0 Å². The van der Waals surface area contributed by atoms with E-state index in [1.807, 2.05) is 0 Å². The molecule has 3 aliphatic rings. The molecule has 0 heterocycles. The predicted molar refractivity (Wildman–Crippen MR) is 53.0 cm³/mol. The van der Waals surface area contributed by atoms with Crippen molar-refractivity contribution < 1.29 is 0 Å². The first-order valence-electron chi connectivity index (χ1n) is 5.65. The van der Waals surface area contributed by atoms with E-state index in [0.717, 1.165) is 23.7 Å². The second-order valence-electron chi connectivity index (χ2n) is 5.73. The second-order valence-corrected chi connectivity index (χ2v) is 5.73. The normalized spacial score (nSPS) is 64.4. The third kappa shape index (κ3) is 0.861. The van der Waals surface area contributed by atoms with Crippen LogP contribution < -0.4 is 11.5 Å². The maximum absolute atomic E-state index is 6.37. The molecule has 0 radical (unpaired) electrons. The zero-order valence-electron chi connectivity index (χ0n) is 8.37. The van der Waals surface area contributed by atoms with Gasteiger partial charge in [-0.05, 0) is 56.3 Å². The van der Waals surface area contributed by atoms with Crippen molar-refractivity contribution >= 4 is 0 Å². The maximum Gasteiger partial charge on any atom is 0.0313 e. The summed E-state index contributed by atoms with van der Waals surface area (Å²) in [4.78, 5) is 0. The van der Waals surface area contributed by atoms with Crippen LogP contribution in [0.4, 0.5) is 0 Å². The van der Waals surface area contributed by atoms with Crippen LogP contribution in [-0.4, -0.2) is 11.6 Å². The first-order valence-corrected chi connectivity index (χ1v) is 5.65. The highest BCUT2D eigenvalue weighted by molar-refractivity contribution is 5.14. The van der Waals surface area contributed by atoms with Gasteiger partial charge in [0.2, 0.25) is 0 Å². The van der Waals surface area contributed by atoms with Crippen molar-refractivity contribution in [2.75, 3.05) is 0 Å². The summed E-state index contributed by atoms with van der Waals surface area (Å²) in [6.07, 6.45) is 5.52. The maximum atomic E-state index is 6.37. The average molecular weight is 180 g/mol.